The highest BCUT2D eigenvalue weighted by Gasteiger charge is 2.43. The molecule has 3 unspecified atom stereocenters. The Morgan fingerprint density at radius 1 is 1.25 bits per heavy atom. The van der Waals surface area contributed by atoms with Crippen LogP contribution in [0.25, 0.3) is 0 Å². The molecule has 2 amide bonds. The lowest BCUT2D eigenvalue weighted by Crippen LogP contribution is -2.66. The van der Waals surface area contributed by atoms with Gasteiger partial charge < -0.3 is 15.0 Å². The number of ether oxygens (including phenoxy) is 1. The van der Waals surface area contributed by atoms with Crippen molar-refractivity contribution in [3.05, 3.63) is 0 Å². The molecule has 0 aromatic heterocycles. The summed E-state index contributed by atoms with van der Waals surface area (Å²) in [4.78, 5) is 26.7. The van der Waals surface area contributed by atoms with Crippen molar-refractivity contribution in [1.82, 2.24) is 10.2 Å². The van der Waals surface area contributed by atoms with E-state index in [1.807, 2.05) is 34.6 Å². The lowest BCUT2D eigenvalue weighted by molar-refractivity contribution is -0.153. The highest BCUT2D eigenvalue weighted by atomic mass is 16.5. The lowest BCUT2D eigenvalue weighted by atomic mass is 9.90. The second kappa shape index (κ2) is 7.62. The Labute approximate surface area is 122 Å². The zero-order valence-corrected chi connectivity index (χ0v) is 13.3. The van der Waals surface area contributed by atoms with Gasteiger partial charge in [-0.3, -0.25) is 9.59 Å². The van der Waals surface area contributed by atoms with Crippen molar-refractivity contribution < 1.29 is 14.3 Å². The maximum atomic E-state index is 12.6. The fourth-order valence-electron chi connectivity index (χ4n) is 2.55. The van der Waals surface area contributed by atoms with Crippen LogP contribution in [0.1, 0.15) is 41.0 Å². The Kier molecular flexibility index (Phi) is 6.46. The minimum absolute atomic E-state index is 0.0182. The van der Waals surface area contributed by atoms with Crippen LogP contribution in [-0.4, -0.2) is 48.6 Å². The largest absolute Gasteiger partial charge is 0.380 e. The number of hydrogen-bond donors (Lipinski definition) is 1. The van der Waals surface area contributed by atoms with E-state index in [2.05, 4.69) is 5.32 Å². The van der Waals surface area contributed by atoms with Gasteiger partial charge in [-0.2, -0.15) is 0 Å². The Bertz CT molecular complexity index is 344. The van der Waals surface area contributed by atoms with Crippen LogP contribution in [0.2, 0.25) is 0 Å². The topological polar surface area (TPSA) is 58.6 Å². The van der Waals surface area contributed by atoms with E-state index >= 15 is 0 Å². The Balaban J connectivity index is 2.91. The molecule has 1 aliphatic heterocycles. The molecule has 0 spiro atoms. The van der Waals surface area contributed by atoms with Gasteiger partial charge in [-0.25, -0.2) is 0 Å². The standard InChI is InChI=1S/C15H28N2O3/c1-6-11(5)13-14(18)16-12(10(3)4)15(19)17(13)8-9-20-7-2/h10-13H,6-9H2,1-5H3,(H,16,18). The molecular formula is C15H28N2O3. The van der Waals surface area contributed by atoms with Crippen LogP contribution >= 0.6 is 0 Å². The molecule has 5 nitrogen and oxygen atoms in total. The molecule has 116 valence electrons. The normalized spacial score (nSPS) is 25.0. The van der Waals surface area contributed by atoms with Crippen molar-refractivity contribution in [2.75, 3.05) is 19.8 Å². The first-order valence-corrected chi connectivity index (χ1v) is 7.62. The SMILES string of the molecule is CCOCCN1C(=O)C(C(C)C)NC(=O)C1C(C)CC. The van der Waals surface area contributed by atoms with E-state index < -0.39 is 6.04 Å². The molecule has 1 heterocycles. The highest BCUT2D eigenvalue weighted by Crippen LogP contribution is 2.22. The first-order valence-electron chi connectivity index (χ1n) is 7.62. The molecule has 1 fully saturated rings. The van der Waals surface area contributed by atoms with Crippen LogP contribution in [0.5, 0.6) is 0 Å². The van der Waals surface area contributed by atoms with E-state index in [-0.39, 0.29) is 29.7 Å². The van der Waals surface area contributed by atoms with E-state index in [0.29, 0.717) is 19.8 Å². The molecule has 3 atom stereocenters. The quantitative estimate of drug-likeness (QED) is 0.719. The maximum absolute atomic E-state index is 12.6. The van der Waals surface area contributed by atoms with Crippen LogP contribution < -0.4 is 5.32 Å². The average Bonchev–Trinajstić information content (AvgIpc) is 2.41. The first-order chi connectivity index (χ1) is 9.43. The highest BCUT2D eigenvalue weighted by molar-refractivity contribution is 5.97. The average molecular weight is 284 g/mol. The number of hydrogen-bond acceptors (Lipinski definition) is 3. The van der Waals surface area contributed by atoms with Crippen LogP contribution in [0.15, 0.2) is 0 Å². The van der Waals surface area contributed by atoms with Gasteiger partial charge in [-0.1, -0.05) is 34.1 Å². The molecule has 1 aliphatic rings. The summed E-state index contributed by atoms with van der Waals surface area (Å²) in [6.45, 7) is 11.5. The van der Waals surface area contributed by atoms with Gasteiger partial charge in [0.15, 0.2) is 0 Å². The van der Waals surface area contributed by atoms with Gasteiger partial charge in [-0.15, -0.1) is 0 Å². The van der Waals surface area contributed by atoms with Crippen molar-refractivity contribution in [3.8, 4) is 0 Å². The van der Waals surface area contributed by atoms with Gasteiger partial charge in [0, 0.05) is 13.2 Å². The summed E-state index contributed by atoms with van der Waals surface area (Å²) in [6.07, 6.45) is 0.864. The molecule has 1 N–H and O–H groups in total. The molecular weight excluding hydrogens is 256 g/mol. The number of carbonyl (C=O) groups excluding carboxylic acids is 2. The third-order valence-corrected chi connectivity index (χ3v) is 3.98. The third kappa shape index (κ3) is 3.72. The van der Waals surface area contributed by atoms with Gasteiger partial charge in [0.05, 0.1) is 6.61 Å². The molecule has 1 rings (SSSR count). The molecule has 0 radical (unpaired) electrons. The van der Waals surface area contributed by atoms with Gasteiger partial charge in [-0.05, 0) is 18.8 Å². The van der Waals surface area contributed by atoms with Crippen molar-refractivity contribution in [2.24, 2.45) is 11.8 Å². The predicted molar refractivity (Wildman–Crippen MR) is 78.2 cm³/mol. The van der Waals surface area contributed by atoms with Crippen molar-refractivity contribution >= 4 is 11.8 Å². The summed E-state index contributed by atoms with van der Waals surface area (Å²) in [7, 11) is 0. The van der Waals surface area contributed by atoms with Crippen molar-refractivity contribution in [1.29, 1.82) is 0 Å². The summed E-state index contributed by atoms with van der Waals surface area (Å²) in [5.74, 6) is 0.228. The first kappa shape index (κ1) is 17.0. The van der Waals surface area contributed by atoms with Crippen LogP contribution in [0, 0.1) is 11.8 Å². The van der Waals surface area contributed by atoms with Crippen molar-refractivity contribution in [3.63, 3.8) is 0 Å². The molecule has 0 aromatic carbocycles. The minimum Gasteiger partial charge on any atom is -0.380 e. The van der Waals surface area contributed by atoms with Crippen LogP contribution in [0.4, 0.5) is 0 Å². The van der Waals surface area contributed by atoms with Crippen LogP contribution in [0.3, 0.4) is 0 Å². The van der Waals surface area contributed by atoms with Gasteiger partial charge in [0.1, 0.15) is 12.1 Å². The number of nitrogens with one attached hydrogen (secondary N) is 1. The summed E-state index contributed by atoms with van der Waals surface area (Å²) in [5, 5.41) is 2.88. The molecule has 0 saturated carbocycles. The van der Waals surface area contributed by atoms with E-state index in [1.165, 1.54) is 0 Å². The number of piperazine rings is 1. The Morgan fingerprint density at radius 2 is 1.90 bits per heavy atom. The zero-order valence-electron chi connectivity index (χ0n) is 13.3. The number of nitrogens with zero attached hydrogens (tertiary/aromatic N) is 1. The molecule has 20 heavy (non-hydrogen) atoms. The predicted octanol–water partition coefficient (Wildman–Crippen LogP) is 1.42. The van der Waals surface area contributed by atoms with E-state index in [4.69, 9.17) is 4.74 Å². The van der Waals surface area contributed by atoms with E-state index in [1.54, 1.807) is 4.90 Å². The van der Waals surface area contributed by atoms with E-state index in [9.17, 15) is 9.59 Å². The summed E-state index contributed by atoms with van der Waals surface area (Å²) in [6, 6.07) is -0.785. The summed E-state index contributed by atoms with van der Waals surface area (Å²) in [5.41, 5.74) is 0. The summed E-state index contributed by atoms with van der Waals surface area (Å²) >= 11 is 0. The number of rotatable bonds is 7. The second-order valence-electron chi connectivity index (χ2n) is 5.79. The minimum atomic E-state index is -0.413. The lowest BCUT2D eigenvalue weighted by Gasteiger charge is -2.42. The summed E-state index contributed by atoms with van der Waals surface area (Å²) < 4.78 is 5.35. The number of carbonyl (C=O) groups is 2. The molecule has 5 heteroatoms. The monoisotopic (exact) mass is 284 g/mol. The smallest absolute Gasteiger partial charge is 0.246 e. The molecule has 0 aliphatic carbocycles. The van der Waals surface area contributed by atoms with Crippen molar-refractivity contribution in [2.45, 2.75) is 53.1 Å². The molecule has 1 saturated heterocycles. The van der Waals surface area contributed by atoms with Gasteiger partial charge >= 0.3 is 0 Å². The zero-order chi connectivity index (χ0) is 15.3. The Morgan fingerprint density at radius 3 is 2.40 bits per heavy atom. The van der Waals surface area contributed by atoms with E-state index in [0.717, 1.165) is 6.42 Å². The van der Waals surface area contributed by atoms with Gasteiger partial charge in [0.25, 0.3) is 0 Å². The number of amides is 2. The fraction of sp³-hybridized carbons (Fsp3) is 0.867. The second-order valence-corrected chi connectivity index (χ2v) is 5.79. The van der Waals surface area contributed by atoms with Crippen LogP contribution in [-0.2, 0) is 14.3 Å². The fourth-order valence-corrected chi connectivity index (χ4v) is 2.55. The molecule has 0 aromatic rings. The Hall–Kier alpha value is -1.10. The third-order valence-electron chi connectivity index (χ3n) is 3.98. The maximum Gasteiger partial charge on any atom is 0.246 e. The van der Waals surface area contributed by atoms with Gasteiger partial charge in [0.2, 0.25) is 11.8 Å². The molecule has 0 bridgehead atoms.